The Labute approximate surface area is 202 Å². The number of benzene rings is 2. The molecule has 1 aliphatic heterocycles. The Morgan fingerprint density at radius 2 is 1.85 bits per heavy atom. The molecular formula is C24H16Cl2N2O4S. The maximum Gasteiger partial charge on any atom is 0.301 e. The van der Waals surface area contributed by atoms with E-state index in [0.29, 0.717) is 43.3 Å². The summed E-state index contributed by atoms with van der Waals surface area (Å²) >= 11 is 13.6. The molecule has 0 spiro atoms. The average Bonchev–Trinajstić information content (AvgIpc) is 3.43. The van der Waals surface area contributed by atoms with Crippen molar-refractivity contribution in [2.75, 3.05) is 4.90 Å². The molecule has 2 aromatic heterocycles. The molecule has 166 valence electrons. The van der Waals surface area contributed by atoms with Crippen LogP contribution in [0.3, 0.4) is 0 Å². The van der Waals surface area contributed by atoms with Crippen LogP contribution in [0.15, 0.2) is 58.5 Å². The minimum absolute atomic E-state index is 0.0448. The van der Waals surface area contributed by atoms with E-state index in [1.54, 1.807) is 56.3 Å². The van der Waals surface area contributed by atoms with Gasteiger partial charge in [0.05, 0.1) is 26.9 Å². The number of anilines is 1. The first-order valence-corrected chi connectivity index (χ1v) is 11.5. The number of carbonyl (C=O) groups is 2. The predicted molar refractivity (Wildman–Crippen MR) is 129 cm³/mol. The van der Waals surface area contributed by atoms with Gasteiger partial charge in [-0.15, -0.1) is 0 Å². The topological polar surface area (TPSA) is 83.6 Å². The summed E-state index contributed by atoms with van der Waals surface area (Å²) in [5.74, 6) is -0.880. The van der Waals surface area contributed by atoms with Crippen molar-refractivity contribution in [1.29, 1.82) is 0 Å². The number of para-hydroxylation sites is 1. The fourth-order valence-corrected chi connectivity index (χ4v) is 5.43. The molecule has 4 aromatic rings. The molecule has 1 N–H and O–H groups in total. The van der Waals surface area contributed by atoms with E-state index >= 15 is 0 Å². The van der Waals surface area contributed by atoms with Crippen molar-refractivity contribution in [3.05, 3.63) is 86.8 Å². The molecule has 5 rings (SSSR count). The predicted octanol–water partition coefficient (Wildman–Crippen LogP) is 6.44. The zero-order chi connectivity index (χ0) is 23.4. The van der Waals surface area contributed by atoms with Crippen LogP contribution in [-0.2, 0) is 9.59 Å². The molecule has 3 heterocycles. The fourth-order valence-electron chi connectivity index (χ4n) is 4.01. The van der Waals surface area contributed by atoms with Crippen LogP contribution in [0, 0.1) is 13.8 Å². The van der Waals surface area contributed by atoms with Gasteiger partial charge in [-0.2, -0.15) is 0 Å². The number of hydrogen-bond donors (Lipinski definition) is 1. The van der Waals surface area contributed by atoms with Crippen molar-refractivity contribution in [2.24, 2.45) is 0 Å². The van der Waals surface area contributed by atoms with E-state index in [1.807, 2.05) is 6.07 Å². The van der Waals surface area contributed by atoms with Gasteiger partial charge in [0.2, 0.25) is 0 Å². The van der Waals surface area contributed by atoms with Crippen molar-refractivity contribution >= 4 is 67.3 Å². The monoisotopic (exact) mass is 498 g/mol. The summed E-state index contributed by atoms with van der Waals surface area (Å²) in [5, 5.41) is 12.4. The van der Waals surface area contributed by atoms with Crippen molar-refractivity contribution in [1.82, 2.24) is 4.98 Å². The number of Topliss-reactive ketones (excluding diaryl/α,β-unsaturated/α-hetero) is 1. The van der Waals surface area contributed by atoms with Crippen LogP contribution in [0.25, 0.3) is 16.0 Å². The van der Waals surface area contributed by atoms with Crippen molar-refractivity contribution < 1.29 is 19.1 Å². The van der Waals surface area contributed by atoms with E-state index < -0.39 is 17.7 Å². The first-order chi connectivity index (χ1) is 15.8. The molecule has 9 heteroatoms. The Morgan fingerprint density at radius 3 is 2.48 bits per heavy atom. The first-order valence-electron chi connectivity index (χ1n) is 9.95. The minimum atomic E-state index is -0.906. The van der Waals surface area contributed by atoms with Gasteiger partial charge in [0, 0.05) is 5.02 Å². The molecule has 1 saturated heterocycles. The number of aromatic nitrogens is 1. The molecule has 0 aliphatic carbocycles. The van der Waals surface area contributed by atoms with Crippen molar-refractivity contribution in [2.45, 2.75) is 19.9 Å². The molecule has 33 heavy (non-hydrogen) atoms. The Bertz CT molecular complexity index is 1470. The van der Waals surface area contributed by atoms with E-state index in [-0.39, 0.29) is 11.3 Å². The van der Waals surface area contributed by atoms with E-state index in [1.165, 1.54) is 16.2 Å². The number of aryl methyl sites for hydroxylation is 2. The number of thiazole rings is 1. The molecule has 1 atom stereocenters. The number of hydrogen-bond acceptors (Lipinski definition) is 6. The number of nitrogens with zero attached hydrogens (tertiary/aromatic N) is 2. The normalized spacial score (nSPS) is 17.9. The molecule has 0 bridgehead atoms. The Balaban J connectivity index is 1.76. The SMILES string of the molecule is Cc1cc(C(O)=C2C(=O)C(=O)N(c3nc4c(Cl)cccc4s3)C2c2ccc(Cl)cc2)c(C)o1. The summed E-state index contributed by atoms with van der Waals surface area (Å²) in [6.45, 7) is 3.43. The highest BCUT2D eigenvalue weighted by Gasteiger charge is 2.48. The Kier molecular flexibility index (Phi) is 5.28. The van der Waals surface area contributed by atoms with Gasteiger partial charge >= 0.3 is 5.91 Å². The number of aliphatic hydroxyl groups is 1. The Morgan fingerprint density at radius 1 is 1.12 bits per heavy atom. The number of furan rings is 1. The first kappa shape index (κ1) is 21.7. The quantitative estimate of drug-likeness (QED) is 0.199. The fraction of sp³-hybridized carbons (Fsp3) is 0.125. The van der Waals surface area contributed by atoms with Crippen LogP contribution in [0.4, 0.5) is 5.13 Å². The van der Waals surface area contributed by atoms with Crippen LogP contribution in [0.2, 0.25) is 10.0 Å². The summed E-state index contributed by atoms with van der Waals surface area (Å²) in [6.07, 6.45) is 0. The number of carbonyl (C=O) groups excluding carboxylic acids is 2. The van der Waals surface area contributed by atoms with Crippen LogP contribution >= 0.6 is 34.5 Å². The van der Waals surface area contributed by atoms with Gasteiger partial charge in [-0.25, -0.2) is 4.98 Å². The maximum atomic E-state index is 13.3. The highest BCUT2D eigenvalue weighted by atomic mass is 35.5. The minimum Gasteiger partial charge on any atom is -0.507 e. The molecule has 6 nitrogen and oxygen atoms in total. The number of ketones is 1. The van der Waals surface area contributed by atoms with Crippen molar-refractivity contribution in [3.8, 4) is 0 Å². The van der Waals surface area contributed by atoms with Gasteiger partial charge < -0.3 is 9.52 Å². The third kappa shape index (κ3) is 3.53. The number of fused-ring (bicyclic) bond motifs is 1. The number of aliphatic hydroxyl groups excluding tert-OH is 1. The van der Waals surface area contributed by atoms with Crippen LogP contribution in [-0.4, -0.2) is 21.8 Å². The summed E-state index contributed by atoms with van der Waals surface area (Å²) in [5.41, 5.74) is 1.45. The number of rotatable bonds is 3. The molecule has 0 saturated carbocycles. The maximum absolute atomic E-state index is 13.3. The second kappa shape index (κ2) is 8.02. The van der Waals surface area contributed by atoms with Gasteiger partial charge in [-0.3, -0.25) is 14.5 Å². The lowest BCUT2D eigenvalue weighted by molar-refractivity contribution is -0.132. The molecule has 1 amide bonds. The Hall–Kier alpha value is -3.13. The van der Waals surface area contributed by atoms with Gasteiger partial charge in [-0.1, -0.05) is 52.7 Å². The second-order valence-electron chi connectivity index (χ2n) is 7.63. The average molecular weight is 499 g/mol. The molecule has 1 fully saturated rings. The second-order valence-corrected chi connectivity index (χ2v) is 9.48. The lowest BCUT2D eigenvalue weighted by atomic mass is 9.95. The smallest absolute Gasteiger partial charge is 0.301 e. The van der Waals surface area contributed by atoms with E-state index in [0.717, 1.165) is 4.70 Å². The molecular weight excluding hydrogens is 483 g/mol. The molecule has 1 aliphatic rings. The summed E-state index contributed by atoms with van der Waals surface area (Å²) in [6, 6.07) is 12.8. The summed E-state index contributed by atoms with van der Waals surface area (Å²) in [7, 11) is 0. The molecule has 2 aromatic carbocycles. The molecule has 1 unspecified atom stereocenters. The summed E-state index contributed by atoms with van der Waals surface area (Å²) < 4.78 is 6.31. The third-order valence-corrected chi connectivity index (χ3v) is 7.07. The molecule has 0 radical (unpaired) electrons. The highest BCUT2D eigenvalue weighted by molar-refractivity contribution is 7.22. The number of halogens is 2. The van der Waals surface area contributed by atoms with Crippen LogP contribution in [0.1, 0.15) is 28.7 Å². The highest BCUT2D eigenvalue weighted by Crippen LogP contribution is 2.45. The van der Waals surface area contributed by atoms with Gasteiger partial charge in [0.1, 0.15) is 22.8 Å². The summed E-state index contributed by atoms with van der Waals surface area (Å²) in [4.78, 5) is 32.4. The van der Waals surface area contributed by atoms with Gasteiger partial charge in [0.25, 0.3) is 5.78 Å². The van der Waals surface area contributed by atoms with E-state index in [2.05, 4.69) is 4.98 Å². The van der Waals surface area contributed by atoms with Crippen LogP contribution in [0.5, 0.6) is 0 Å². The van der Waals surface area contributed by atoms with Gasteiger partial charge in [-0.05, 0) is 49.7 Å². The van der Waals surface area contributed by atoms with Crippen LogP contribution < -0.4 is 4.90 Å². The lowest BCUT2D eigenvalue weighted by Gasteiger charge is -2.22. The zero-order valence-corrected chi connectivity index (χ0v) is 19.8. The van der Waals surface area contributed by atoms with E-state index in [9.17, 15) is 14.7 Å². The third-order valence-electron chi connectivity index (χ3n) is 5.49. The zero-order valence-electron chi connectivity index (χ0n) is 17.4. The lowest BCUT2D eigenvalue weighted by Crippen LogP contribution is -2.29. The van der Waals surface area contributed by atoms with E-state index in [4.69, 9.17) is 27.6 Å². The number of amides is 1. The largest absolute Gasteiger partial charge is 0.507 e. The van der Waals surface area contributed by atoms with Gasteiger partial charge in [0.15, 0.2) is 5.13 Å². The standard InChI is InChI=1S/C24H16Cl2N2O4S/c1-11-10-15(12(2)32-11)21(29)18-20(13-6-8-14(25)9-7-13)28(23(31)22(18)30)24-27-19-16(26)4-3-5-17(19)33-24/h3-10,20,29H,1-2H3. The van der Waals surface area contributed by atoms with Crippen molar-refractivity contribution in [3.63, 3.8) is 0 Å².